The van der Waals surface area contributed by atoms with Crippen molar-refractivity contribution in [2.75, 3.05) is 25.5 Å². The minimum Gasteiger partial charge on any atom is -0.404 e. The molecule has 21 heavy (non-hydrogen) atoms. The molecule has 1 aliphatic heterocycles. The monoisotopic (exact) mass is 304 g/mol. The predicted octanol–water partition coefficient (Wildman–Crippen LogP) is 1.93. The Morgan fingerprint density at radius 2 is 2.24 bits per heavy atom. The topological polar surface area (TPSA) is 73.6 Å². The van der Waals surface area contributed by atoms with Crippen molar-refractivity contribution in [3.8, 4) is 5.75 Å². The van der Waals surface area contributed by atoms with E-state index in [0.29, 0.717) is 19.8 Å². The molecule has 116 valence electrons. The third-order valence-electron chi connectivity index (χ3n) is 3.07. The van der Waals surface area contributed by atoms with Crippen LogP contribution in [0.25, 0.3) is 0 Å². The second-order valence-electron chi connectivity index (χ2n) is 4.74. The largest absolute Gasteiger partial charge is 0.573 e. The predicted molar refractivity (Wildman–Crippen MR) is 68.8 cm³/mol. The zero-order valence-electron chi connectivity index (χ0n) is 11.1. The molecule has 1 unspecified atom stereocenters. The van der Waals surface area contributed by atoms with E-state index in [4.69, 9.17) is 10.5 Å². The zero-order chi connectivity index (χ0) is 15.5. The number of halogens is 3. The molecule has 0 aromatic heterocycles. The summed E-state index contributed by atoms with van der Waals surface area (Å²) in [4.78, 5) is 11.9. The van der Waals surface area contributed by atoms with E-state index < -0.39 is 18.0 Å². The fourth-order valence-corrected chi connectivity index (χ4v) is 1.99. The van der Waals surface area contributed by atoms with Gasteiger partial charge in [0.2, 0.25) is 0 Å². The molecule has 3 N–H and O–H groups in total. The fourth-order valence-electron chi connectivity index (χ4n) is 1.99. The maximum Gasteiger partial charge on any atom is 0.573 e. The summed E-state index contributed by atoms with van der Waals surface area (Å²) in [6.45, 7) is 1.73. The summed E-state index contributed by atoms with van der Waals surface area (Å²) in [5, 5.41) is 2.70. The number of carbonyl (C=O) groups excluding carboxylic acids is 1. The molecule has 1 fully saturated rings. The van der Waals surface area contributed by atoms with Crippen molar-refractivity contribution in [3.63, 3.8) is 0 Å². The molecule has 5 nitrogen and oxygen atoms in total. The second kappa shape index (κ2) is 6.21. The van der Waals surface area contributed by atoms with Crippen molar-refractivity contribution < 1.29 is 27.4 Å². The molecule has 1 atom stereocenters. The quantitative estimate of drug-likeness (QED) is 0.834. The normalized spacial score (nSPS) is 18.5. The van der Waals surface area contributed by atoms with Gasteiger partial charge in [0.15, 0.2) is 5.75 Å². The van der Waals surface area contributed by atoms with Crippen LogP contribution in [0.15, 0.2) is 18.2 Å². The number of carbonyl (C=O) groups is 1. The van der Waals surface area contributed by atoms with Crippen LogP contribution in [0.3, 0.4) is 0 Å². The molecule has 1 amide bonds. The third-order valence-corrected chi connectivity index (χ3v) is 3.07. The molecule has 0 aliphatic carbocycles. The number of nitrogen functional groups attached to an aromatic ring is 1. The number of hydrogen-bond donors (Lipinski definition) is 2. The molecule has 1 aliphatic rings. The number of benzene rings is 1. The highest BCUT2D eigenvalue weighted by Crippen LogP contribution is 2.28. The van der Waals surface area contributed by atoms with E-state index in [1.54, 1.807) is 0 Å². The molecule has 1 aromatic carbocycles. The highest BCUT2D eigenvalue weighted by atomic mass is 19.4. The summed E-state index contributed by atoms with van der Waals surface area (Å²) < 4.78 is 45.2. The Labute approximate surface area is 119 Å². The highest BCUT2D eigenvalue weighted by molar-refractivity contribution is 5.95. The van der Waals surface area contributed by atoms with Crippen LogP contribution in [0.2, 0.25) is 0 Å². The molecule has 8 heteroatoms. The lowest BCUT2D eigenvalue weighted by Gasteiger charge is -2.13. The molecular weight excluding hydrogens is 289 g/mol. The van der Waals surface area contributed by atoms with E-state index in [0.717, 1.165) is 18.6 Å². The summed E-state index contributed by atoms with van der Waals surface area (Å²) in [6.07, 6.45) is -3.94. The van der Waals surface area contributed by atoms with Gasteiger partial charge >= 0.3 is 6.36 Å². The number of alkyl halides is 3. The highest BCUT2D eigenvalue weighted by Gasteiger charge is 2.32. The van der Waals surface area contributed by atoms with E-state index >= 15 is 0 Å². The second-order valence-corrected chi connectivity index (χ2v) is 4.74. The third kappa shape index (κ3) is 4.52. The Hall–Kier alpha value is -1.96. The lowest BCUT2D eigenvalue weighted by molar-refractivity contribution is -0.274. The summed E-state index contributed by atoms with van der Waals surface area (Å²) in [7, 11) is 0. The molecule has 0 saturated carbocycles. The van der Waals surface area contributed by atoms with Gasteiger partial charge in [-0.15, -0.1) is 13.2 Å². The Morgan fingerprint density at radius 1 is 1.48 bits per heavy atom. The average molecular weight is 304 g/mol. The van der Waals surface area contributed by atoms with Gasteiger partial charge in [0.1, 0.15) is 0 Å². The molecule has 0 radical (unpaired) electrons. The summed E-state index contributed by atoms with van der Waals surface area (Å²) in [5.41, 5.74) is 5.39. The van der Waals surface area contributed by atoms with E-state index in [-0.39, 0.29) is 17.2 Å². The van der Waals surface area contributed by atoms with Crippen molar-refractivity contribution in [2.24, 2.45) is 5.92 Å². The van der Waals surface area contributed by atoms with Crippen LogP contribution in [-0.4, -0.2) is 32.0 Å². The number of nitrogens with one attached hydrogen (secondary N) is 1. The first-order chi connectivity index (χ1) is 9.85. The zero-order valence-corrected chi connectivity index (χ0v) is 11.1. The van der Waals surface area contributed by atoms with Gasteiger partial charge in [-0.25, -0.2) is 0 Å². The van der Waals surface area contributed by atoms with Gasteiger partial charge < -0.3 is 20.5 Å². The van der Waals surface area contributed by atoms with Crippen molar-refractivity contribution in [2.45, 2.75) is 12.8 Å². The van der Waals surface area contributed by atoms with Crippen LogP contribution in [0.4, 0.5) is 18.9 Å². The molecule has 1 aromatic rings. The molecule has 2 rings (SSSR count). The van der Waals surface area contributed by atoms with E-state index in [1.807, 2.05) is 0 Å². The lowest BCUT2D eigenvalue weighted by atomic mass is 10.1. The van der Waals surface area contributed by atoms with Crippen molar-refractivity contribution in [1.82, 2.24) is 5.32 Å². The fraction of sp³-hybridized carbons (Fsp3) is 0.462. The maximum atomic E-state index is 12.1. The Morgan fingerprint density at radius 3 is 2.81 bits per heavy atom. The number of nitrogens with two attached hydrogens (primary N) is 1. The van der Waals surface area contributed by atoms with Crippen LogP contribution in [0.1, 0.15) is 16.8 Å². The molecule has 0 spiro atoms. The molecule has 1 saturated heterocycles. The van der Waals surface area contributed by atoms with Crippen molar-refractivity contribution in [1.29, 1.82) is 0 Å². The Bertz CT molecular complexity index is 514. The first kappa shape index (κ1) is 15.4. The first-order valence-corrected chi connectivity index (χ1v) is 6.36. The molecular formula is C13H15F3N2O3. The minimum absolute atomic E-state index is 0.181. The van der Waals surface area contributed by atoms with Crippen LogP contribution >= 0.6 is 0 Å². The van der Waals surface area contributed by atoms with E-state index in [9.17, 15) is 18.0 Å². The SMILES string of the molecule is Nc1cc(C(=O)NCC2CCOC2)ccc1OC(F)(F)F. The van der Waals surface area contributed by atoms with Gasteiger partial charge in [-0.1, -0.05) is 0 Å². The van der Waals surface area contributed by atoms with Crippen LogP contribution in [-0.2, 0) is 4.74 Å². The summed E-state index contributed by atoms with van der Waals surface area (Å²) >= 11 is 0. The summed E-state index contributed by atoms with van der Waals surface area (Å²) in [6, 6.07) is 3.41. The average Bonchev–Trinajstić information content (AvgIpc) is 2.90. The molecule has 1 heterocycles. The smallest absolute Gasteiger partial charge is 0.404 e. The maximum absolute atomic E-state index is 12.1. The van der Waals surface area contributed by atoms with E-state index in [2.05, 4.69) is 10.1 Å². The summed E-state index contributed by atoms with van der Waals surface area (Å²) in [5.74, 6) is -0.658. The van der Waals surface area contributed by atoms with Crippen LogP contribution in [0, 0.1) is 5.92 Å². The minimum atomic E-state index is -4.82. The Balaban J connectivity index is 1.96. The number of anilines is 1. The lowest BCUT2D eigenvalue weighted by Crippen LogP contribution is -2.29. The van der Waals surface area contributed by atoms with Crippen LogP contribution in [0.5, 0.6) is 5.75 Å². The number of hydrogen-bond acceptors (Lipinski definition) is 4. The van der Waals surface area contributed by atoms with Crippen molar-refractivity contribution >= 4 is 11.6 Å². The van der Waals surface area contributed by atoms with E-state index in [1.165, 1.54) is 6.07 Å². The van der Waals surface area contributed by atoms with Gasteiger partial charge in [-0.3, -0.25) is 4.79 Å². The van der Waals surface area contributed by atoms with Crippen LogP contribution < -0.4 is 15.8 Å². The number of ether oxygens (including phenoxy) is 2. The van der Waals surface area contributed by atoms with Gasteiger partial charge in [-0.2, -0.15) is 0 Å². The van der Waals surface area contributed by atoms with Gasteiger partial charge in [0, 0.05) is 24.6 Å². The first-order valence-electron chi connectivity index (χ1n) is 6.36. The standard InChI is InChI=1S/C13H15F3N2O3/c14-13(15,16)21-11-2-1-9(5-10(11)17)12(19)18-6-8-3-4-20-7-8/h1-2,5,8H,3-4,6-7,17H2,(H,18,19). The van der Waals surface area contributed by atoms with Gasteiger partial charge in [0.05, 0.1) is 12.3 Å². The van der Waals surface area contributed by atoms with Gasteiger partial charge in [0.25, 0.3) is 5.91 Å². The van der Waals surface area contributed by atoms with Crippen molar-refractivity contribution in [3.05, 3.63) is 23.8 Å². The molecule has 0 bridgehead atoms. The Kier molecular flexibility index (Phi) is 4.56. The number of amides is 1. The van der Waals surface area contributed by atoms with Gasteiger partial charge in [-0.05, 0) is 24.6 Å². The number of rotatable bonds is 4.